The maximum atomic E-state index is 12.0. The Kier molecular flexibility index (Phi) is 7.93. The minimum absolute atomic E-state index is 0.147. The van der Waals surface area contributed by atoms with Crippen molar-refractivity contribution < 1.29 is 23.8 Å². The highest BCUT2D eigenvalue weighted by Gasteiger charge is 2.23. The molecular formula is C20H26N2O5. The zero-order chi connectivity index (χ0) is 19.6. The van der Waals surface area contributed by atoms with Gasteiger partial charge in [-0.05, 0) is 37.8 Å². The number of nitriles is 1. The Hall–Kier alpha value is -2.75. The summed E-state index contributed by atoms with van der Waals surface area (Å²) in [6, 6.07) is 6.84. The fourth-order valence-electron chi connectivity index (χ4n) is 3.07. The molecule has 1 fully saturated rings. The Morgan fingerprint density at radius 3 is 2.67 bits per heavy atom. The summed E-state index contributed by atoms with van der Waals surface area (Å²) in [5.41, 5.74) is 0.432. The van der Waals surface area contributed by atoms with E-state index in [2.05, 4.69) is 12.2 Å². The first-order chi connectivity index (χ1) is 13.0. The lowest BCUT2D eigenvalue weighted by Crippen LogP contribution is -2.43. The minimum Gasteiger partial charge on any atom is -0.490 e. The molecule has 1 N–H and O–H groups in total. The molecule has 0 aliphatic heterocycles. The van der Waals surface area contributed by atoms with Crippen LogP contribution in [0.2, 0.25) is 0 Å². The van der Waals surface area contributed by atoms with Gasteiger partial charge in [0.25, 0.3) is 5.91 Å². The SMILES string of the molecule is CCOc1cc(C#N)ccc1OCC(=O)OCC(=O)N[C@H]1CCCC[C@H]1C. The number of hydrogen-bond donors (Lipinski definition) is 1. The summed E-state index contributed by atoms with van der Waals surface area (Å²) in [5.74, 6) is 0.223. The molecule has 1 aliphatic carbocycles. The zero-order valence-electron chi connectivity index (χ0n) is 15.8. The van der Waals surface area contributed by atoms with Crippen molar-refractivity contribution in [2.45, 2.75) is 45.6 Å². The van der Waals surface area contributed by atoms with E-state index in [0.29, 0.717) is 29.6 Å². The summed E-state index contributed by atoms with van der Waals surface area (Å²) in [5, 5.41) is 11.9. The van der Waals surface area contributed by atoms with Gasteiger partial charge in [-0.15, -0.1) is 0 Å². The molecule has 0 unspecified atom stereocenters. The third kappa shape index (κ3) is 6.48. The van der Waals surface area contributed by atoms with Gasteiger partial charge in [-0.3, -0.25) is 4.79 Å². The lowest BCUT2D eigenvalue weighted by Gasteiger charge is -2.29. The van der Waals surface area contributed by atoms with Crippen LogP contribution < -0.4 is 14.8 Å². The van der Waals surface area contributed by atoms with Crippen molar-refractivity contribution >= 4 is 11.9 Å². The molecule has 2 atom stereocenters. The summed E-state index contributed by atoms with van der Waals surface area (Å²) < 4.78 is 15.8. The summed E-state index contributed by atoms with van der Waals surface area (Å²) >= 11 is 0. The van der Waals surface area contributed by atoms with Gasteiger partial charge in [0.2, 0.25) is 0 Å². The van der Waals surface area contributed by atoms with Crippen LogP contribution in [0.1, 0.15) is 45.1 Å². The number of amides is 1. The average Bonchev–Trinajstić information content (AvgIpc) is 2.67. The predicted molar refractivity (Wildman–Crippen MR) is 98.3 cm³/mol. The fourth-order valence-corrected chi connectivity index (χ4v) is 3.07. The number of benzene rings is 1. The van der Waals surface area contributed by atoms with Crippen LogP contribution in [0.15, 0.2) is 18.2 Å². The van der Waals surface area contributed by atoms with E-state index >= 15 is 0 Å². The lowest BCUT2D eigenvalue weighted by molar-refractivity contribution is -0.150. The molecule has 0 heterocycles. The van der Waals surface area contributed by atoms with Gasteiger partial charge >= 0.3 is 5.97 Å². The van der Waals surface area contributed by atoms with Gasteiger partial charge in [0.15, 0.2) is 24.7 Å². The summed E-state index contributed by atoms with van der Waals surface area (Å²) in [4.78, 5) is 23.8. The molecular weight excluding hydrogens is 348 g/mol. The quantitative estimate of drug-likeness (QED) is 0.703. The van der Waals surface area contributed by atoms with E-state index in [4.69, 9.17) is 19.5 Å². The fraction of sp³-hybridized carbons (Fsp3) is 0.550. The number of hydrogen-bond acceptors (Lipinski definition) is 6. The minimum atomic E-state index is -0.645. The third-order valence-corrected chi connectivity index (χ3v) is 4.54. The molecule has 27 heavy (non-hydrogen) atoms. The topological polar surface area (TPSA) is 97.7 Å². The second-order valence-corrected chi connectivity index (χ2v) is 6.59. The molecule has 1 aromatic rings. The highest BCUT2D eigenvalue weighted by atomic mass is 16.6. The number of rotatable bonds is 8. The molecule has 7 heteroatoms. The van der Waals surface area contributed by atoms with Crippen LogP contribution in [0.25, 0.3) is 0 Å². The Morgan fingerprint density at radius 1 is 1.19 bits per heavy atom. The van der Waals surface area contributed by atoms with Gasteiger partial charge in [-0.1, -0.05) is 19.8 Å². The van der Waals surface area contributed by atoms with Gasteiger partial charge in [0, 0.05) is 12.1 Å². The molecule has 0 spiro atoms. The largest absolute Gasteiger partial charge is 0.490 e. The predicted octanol–water partition coefficient (Wildman–Crippen LogP) is 2.57. The first kappa shape index (κ1) is 20.6. The number of carbonyl (C=O) groups is 2. The van der Waals surface area contributed by atoms with E-state index in [1.54, 1.807) is 18.2 Å². The molecule has 0 aromatic heterocycles. The van der Waals surface area contributed by atoms with Crippen molar-refractivity contribution in [2.75, 3.05) is 19.8 Å². The van der Waals surface area contributed by atoms with Crippen molar-refractivity contribution in [2.24, 2.45) is 5.92 Å². The van der Waals surface area contributed by atoms with Gasteiger partial charge in [-0.25, -0.2) is 4.79 Å². The maximum Gasteiger partial charge on any atom is 0.344 e. The Balaban J connectivity index is 1.77. The van der Waals surface area contributed by atoms with Crippen LogP contribution in [-0.4, -0.2) is 37.7 Å². The summed E-state index contributed by atoms with van der Waals surface area (Å²) in [7, 11) is 0. The van der Waals surface area contributed by atoms with E-state index < -0.39 is 5.97 Å². The Labute approximate surface area is 159 Å². The van der Waals surface area contributed by atoms with Crippen LogP contribution in [0.4, 0.5) is 0 Å². The van der Waals surface area contributed by atoms with Gasteiger partial charge in [0.05, 0.1) is 18.2 Å². The molecule has 1 saturated carbocycles. The van der Waals surface area contributed by atoms with E-state index in [1.807, 2.05) is 13.0 Å². The maximum absolute atomic E-state index is 12.0. The molecule has 1 amide bonds. The second kappa shape index (κ2) is 10.4. The first-order valence-corrected chi connectivity index (χ1v) is 9.28. The zero-order valence-corrected chi connectivity index (χ0v) is 15.8. The number of carbonyl (C=O) groups excluding carboxylic acids is 2. The van der Waals surface area contributed by atoms with Crippen molar-refractivity contribution in [1.29, 1.82) is 5.26 Å². The van der Waals surface area contributed by atoms with Crippen LogP contribution in [0.3, 0.4) is 0 Å². The van der Waals surface area contributed by atoms with Crippen molar-refractivity contribution in [3.05, 3.63) is 23.8 Å². The number of esters is 1. The molecule has 7 nitrogen and oxygen atoms in total. The second-order valence-electron chi connectivity index (χ2n) is 6.59. The lowest BCUT2D eigenvalue weighted by atomic mass is 9.86. The molecule has 0 bridgehead atoms. The number of nitrogens with zero attached hydrogens (tertiary/aromatic N) is 1. The molecule has 1 aromatic carbocycles. The van der Waals surface area contributed by atoms with Crippen LogP contribution in [-0.2, 0) is 14.3 Å². The Bertz CT molecular complexity index is 698. The van der Waals surface area contributed by atoms with Crippen molar-refractivity contribution in [3.63, 3.8) is 0 Å². The van der Waals surface area contributed by atoms with Crippen LogP contribution in [0.5, 0.6) is 11.5 Å². The summed E-state index contributed by atoms with van der Waals surface area (Å²) in [6.07, 6.45) is 4.36. The molecule has 2 rings (SSSR count). The van der Waals surface area contributed by atoms with Crippen LogP contribution >= 0.6 is 0 Å². The highest BCUT2D eigenvalue weighted by Crippen LogP contribution is 2.28. The molecule has 146 valence electrons. The van der Waals surface area contributed by atoms with Gasteiger partial charge in [-0.2, -0.15) is 5.26 Å². The summed E-state index contributed by atoms with van der Waals surface area (Å²) in [6.45, 7) is 3.66. The number of ether oxygens (including phenoxy) is 3. The van der Waals surface area contributed by atoms with Crippen molar-refractivity contribution in [1.82, 2.24) is 5.32 Å². The van der Waals surface area contributed by atoms with Crippen molar-refractivity contribution in [3.8, 4) is 17.6 Å². The number of nitrogens with one attached hydrogen (secondary N) is 1. The van der Waals surface area contributed by atoms with E-state index in [-0.39, 0.29) is 25.2 Å². The third-order valence-electron chi connectivity index (χ3n) is 4.54. The molecule has 1 aliphatic rings. The molecule has 0 radical (unpaired) electrons. The highest BCUT2D eigenvalue weighted by molar-refractivity contribution is 5.81. The average molecular weight is 374 g/mol. The van der Waals surface area contributed by atoms with E-state index in [9.17, 15) is 9.59 Å². The monoisotopic (exact) mass is 374 g/mol. The van der Waals surface area contributed by atoms with Gasteiger partial charge < -0.3 is 19.5 Å². The van der Waals surface area contributed by atoms with Crippen LogP contribution in [0, 0.1) is 17.2 Å². The normalized spacial score (nSPS) is 18.9. The van der Waals surface area contributed by atoms with E-state index in [1.165, 1.54) is 6.42 Å². The molecule has 0 saturated heterocycles. The first-order valence-electron chi connectivity index (χ1n) is 9.28. The smallest absolute Gasteiger partial charge is 0.344 e. The Morgan fingerprint density at radius 2 is 1.96 bits per heavy atom. The van der Waals surface area contributed by atoms with Gasteiger partial charge in [0.1, 0.15) is 0 Å². The van der Waals surface area contributed by atoms with E-state index in [0.717, 1.165) is 19.3 Å². The standard InChI is InChI=1S/C20H26N2O5/c1-3-25-18-10-15(11-21)8-9-17(18)26-13-20(24)27-12-19(23)22-16-7-5-4-6-14(16)2/h8-10,14,16H,3-7,12-13H2,1-2H3,(H,22,23)/t14-,16+/m1/s1.